The molecular weight excluding hydrogens is 378 g/mol. The zero-order valence-electron chi connectivity index (χ0n) is 15.5. The summed E-state index contributed by atoms with van der Waals surface area (Å²) < 4.78 is 4.98. The number of halogens is 1. The van der Waals surface area contributed by atoms with Gasteiger partial charge in [-0.3, -0.25) is 9.59 Å². The maximum absolute atomic E-state index is 12.7. The van der Waals surface area contributed by atoms with Crippen LogP contribution in [0.4, 0.5) is 0 Å². The van der Waals surface area contributed by atoms with E-state index in [0.29, 0.717) is 30.2 Å². The Labute approximate surface area is 168 Å². The van der Waals surface area contributed by atoms with Crippen molar-refractivity contribution in [1.29, 1.82) is 0 Å². The summed E-state index contributed by atoms with van der Waals surface area (Å²) in [4.78, 5) is 28.6. The maximum atomic E-state index is 12.7. The number of methoxy groups -OCH3 is 1. The van der Waals surface area contributed by atoms with E-state index < -0.39 is 11.9 Å². The van der Waals surface area contributed by atoms with Gasteiger partial charge in [-0.05, 0) is 23.8 Å². The molecule has 0 saturated carbocycles. The molecule has 1 atom stereocenters. The van der Waals surface area contributed by atoms with E-state index in [9.17, 15) is 9.59 Å². The van der Waals surface area contributed by atoms with E-state index in [0.717, 1.165) is 16.5 Å². The summed E-state index contributed by atoms with van der Waals surface area (Å²) in [5, 5.41) is 6.96. The molecule has 0 saturated heterocycles. The number of ether oxygens (including phenoxy) is 1. The molecule has 1 heterocycles. The maximum Gasteiger partial charge on any atom is 0.253 e. The summed E-state index contributed by atoms with van der Waals surface area (Å²) >= 11 is 6.12. The molecule has 7 heteroatoms. The van der Waals surface area contributed by atoms with Gasteiger partial charge < -0.3 is 20.4 Å². The van der Waals surface area contributed by atoms with Crippen molar-refractivity contribution in [2.75, 3.05) is 20.3 Å². The van der Waals surface area contributed by atoms with Crippen LogP contribution in [0.1, 0.15) is 15.9 Å². The van der Waals surface area contributed by atoms with Crippen molar-refractivity contribution in [3.63, 3.8) is 0 Å². The van der Waals surface area contributed by atoms with Gasteiger partial charge in [-0.15, -0.1) is 0 Å². The molecule has 2 amide bonds. The Morgan fingerprint density at radius 2 is 1.89 bits per heavy atom. The van der Waals surface area contributed by atoms with E-state index in [4.69, 9.17) is 16.3 Å². The van der Waals surface area contributed by atoms with Crippen LogP contribution in [0.2, 0.25) is 5.02 Å². The fourth-order valence-corrected chi connectivity index (χ4v) is 3.23. The number of hydrogen-bond donors (Lipinski definition) is 3. The predicted octanol–water partition coefficient (Wildman–Crippen LogP) is 2.93. The second kappa shape index (κ2) is 9.39. The molecule has 3 rings (SSSR count). The molecule has 0 aliphatic carbocycles. The molecule has 0 unspecified atom stereocenters. The number of carbonyl (C=O) groups excluding carboxylic acids is 2. The third-order valence-corrected chi connectivity index (χ3v) is 4.77. The van der Waals surface area contributed by atoms with Crippen molar-refractivity contribution in [2.24, 2.45) is 0 Å². The van der Waals surface area contributed by atoms with Crippen LogP contribution in [0, 0.1) is 0 Å². The molecule has 2 aromatic carbocycles. The van der Waals surface area contributed by atoms with Crippen LogP contribution in [0.3, 0.4) is 0 Å². The zero-order valence-corrected chi connectivity index (χ0v) is 16.3. The highest BCUT2D eigenvalue weighted by molar-refractivity contribution is 6.33. The normalized spacial score (nSPS) is 11.9. The van der Waals surface area contributed by atoms with Crippen LogP contribution in [0.5, 0.6) is 0 Å². The van der Waals surface area contributed by atoms with Gasteiger partial charge in [-0.2, -0.15) is 0 Å². The van der Waals surface area contributed by atoms with Crippen molar-refractivity contribution in [1.82, 2.24) is 15.6 Å². The number of aromatic nitrogens is 1. The number of amides is 2. The van der Waals surface area contributed by atoms with Crippen LogP contribution in [-0.4, -0.2) is 43.1 Å². The molecule has 3 N–H and O–H groups in total. The Hall–Kier alpha value is -2.83. The van der Waals surface area contributed by atoms with E-state index in [1.54, 1.807) is 31.4 Å². The number of rotatable bonds is 8. The Morgan fingerprint density at radius 3 is 2.68 bits per heavy atom. The number of hydrogen-bond acceptors (Lipinski definition) is 3. The van der Waals surface area contributed by atoms with Crippen LogP contribution in [0.25, 0.3) is 10.9 Å². The van der Waals surface area contributed by atoms with Crippen LogP contribution < -0.4 is 10.6 Å². The van der Waals surface area contributed by atoms with Gasteiger partial charge in [0, 0.05) is 37.2 Å². The summed E-state index contributed by atoms with van der Waals surface area (Å²) in [6.45, 7) is 0.756. The lowest BCUT2D eigenvalue weighted by Gasteiger charge is -2.19. The van der Waals surface area contributed by atoms with Gasteiger partial charge in [0.2, 0.25) is 5.91 Å². The first-order valence-corrected chi connectivity index (χ1v) is 9.35. The lowest BCUT2D eigenvalue weighted by Crippen LogP contribution is -2.48. The molecule has 0 spiro atoms. The minimum absolute atomic E-state index is 0.275. The van der Waals surface area contributed by atoms with Gasteiger partial charge in [-0.25, -0.2) is 0 Å². The zero-order chi connectivity index (χ0) is 19.9. The van der Waals surface area contributed by atoms with Gasteiger partial charge in [0.1, 0.15) is 6.04 Å². The lowest BCUT2D eigenvalue weighted by atomic mass is 10.0. The smallest absolute Gasteiger partial charge is 0.253 e. The molecule has 6 nitrogen and oxygen atoms in total. The molecule has 0 fully saturated rings. The first kappa shape index (κ1) is 19.9. The molecule has 3 aromatic rings. The van der Waals surface area contributed by atoms with E-state index in [1.807, 2.05) is 30.5 Å². The number of fused-ring (bicyclic) bond motifs is 1. The Balaban J connectivity index is 1.81. The standard InChI is InChI=1S/C21H22ClN3O3/c1-28-11-10-23-21(27)19(25-20(26)16-7-2-4-8-17(16)22)12-14-13-24-18-9-5-3-6-15(14)18/h2-9,13,19,24H,10-12H2,1H3,(H,23,27)(H,25,26)/t19-/m0/s1. The number of para-hydroxylation sites is 1. The highest BCUT2D eigenvalue weighted by Crippen LogP contribution is 2.20. The SMILES string of the molecule is COCCNC(=O)[C@H](Cc1c[nH]c2ccccc12)NC(=O)c1ccccc1Cl. The van der Waals surface area contributed by atoms with Gasteiger partial charge in [0.05, 0.1) is 17.2 Å². The topological polar surface area (TPSA) is 83.2 Å². The van der Waals surface area contributed by atoms with Crippen molar-refractivity contribution >= 4 is 34.3 Å². The minimum Gasteiger partial charge on any atom is -0.383 e. The molecule has 0 aliphatic heterocycles. The summed E-state index contributed by atoms with van der Waals surface area (Å²) in [5.41, 5.74) is 2.26. The number of nitrogens with one attached hydrogen (secondary N) is 3. The Kier molecular flexibility index (Phi) is 6.68. The number of benzene rings is 2. The predicted molar refractivity (Wildman–Crippen MR) is 110 cm³/mol. The average molecular weight is 400 g/mol. The molecule has 1 aromatic heterocycles. The molecular formula is C21H22ClN3O3. The second-order valence-corrected chi connectivity index (χ2v) is 6.76. The monoisotopic (exact) mass is 399 g/mol. The average Bonchev–Trinajstić information content (AvgIpc) is 3.11. The summed E-state index contributed by atoms with van der Waals surface area (Å²) in [7, 11) is 1.56. The van der Waals surface area contributed by atoms with E-state index >= 15 is 0 Å². The van der Waals surface area contributed by atoms with Crippen molar-refractivity contribution in [3.05, 3.63) is 70.9 Å². The van der Waals surface area contributed by atoms with Crippen molar-refractivity contribution < 1.29 is 14.3 Å². The van der Waals surface area contributed by atoms with Crippen molar-refractivity contribution in [3.8, 4) is 0 Å². The van der Waals surface area contributed by atoms with Crippen LogP contribution in [-0.2, 0) is 16.0 Å². The van der Waals surface area contributed by atoms with Crippen LogP contribution in [0.15, 0.2) is 54.7 Å². The van der Waals surface area contributed by atoms with Gasteiger partial charge >= 0.3 is 0 Å². The largest absolute Gasteiger partial charge is 0.383 e. The summed E-state index contributed by atoms with van der Waals surface area (Å²) in [5.74, 6) is -0.667. The summed E-state index contributed by atoms with van der Waals surface area (Å²) in [6.07, 6.45) is 2.21. The van der Waals surface area contributed by atoms with E-state index in [-0.39, 0.29) is 5.91 Å². The fourth-order valence-electron chi connectivity index (χ4n) is 3.01. The number of aromatic amines is 1. The fraction of sp³-hybridized carbons (Fsp3) is 0.238. The van der Waals surface area contributed by atoms with E-state index in [1.165, 1.54) is 0 Å². The van der Waals surface area contributed by atoms with Gasteiger partial charge in [-0.1, -0.05) is 41.9 Å². The van der Waals surface area contributed by atoms with Gasteiger partial charge in [0.25, 0.3) is 5.91 Å². The third kappa shape index (κ3) is 4.71. The Bertz CT molecular complexity index is 970. The number of H-pyrrole nitrogens is 1. The highest BCUT2D eigenvalue weighted by Gasteiger charge is 2.23. The lowest BCUT2D eigenvalue weighted by molar-refractivity contribution is -0.123. The molecule has 0 radical (unpaired) electrons. The molecule has 146 valence electrons. The quantitative estimate of drug-likeness (QED) is 0.509. The van der Waals surface area contributed by atoms with Crippen LogP contribution >= 0.6 is 11.6 Å². The van der Waals surface area contributed by atoms with Crippen molar-refractivity contribution in [2.45, 2.75) is 12.5 Å². The number of carbonyl (C=O) groups is 2. The first-order valence-electron chi connectivity index (χ1n) is 8.97. The molecule has 0 bridgehead atoms. The van der Waals surface area contributed by atoms with E-state index in [2.05, 4.69) is 15.6 Å². The first-order chi connectivity index (χ1) is 13.6. The third-order valence-electron chi connectivity index (χ3n) is 4.44. The highest BCUT2D eigenvalue weighted by atomic mass is 35.5. The molecule has 0 aliphatic rings. The second-order valence-electron chi connectivity index (χ2n) is 6.35. The van der Waals surface area contributed by atoms with Gasteiger partial charge in [0.15, 0.2) is 0 Å². The Morgan fingerprint density at radius 1 is 1.14 bits per heavy atom. The minimum atomic E-state index is -0.750. The molecule has 28 heavy (non-hydrogen) atoms. The summed E-state index contributed by atoms with van der Waals surface area (Å²) in [6, 6.07) is 13.8.